The zero-order valence-corrected chi connectivity index (χ0v) is 22.7. The lowest BCUT2D eigenvalue weighted by Gasteiger charge is -2.34. The average molecular weight is 563 g/mol. The molecule has 0 saturated heterocycles. The molecular formula is C37H23BrO. The summed E-state index contributed by atoms with van der Waals surface area (Å²) in [5, 5.41) is 2.30. The molecule has 184 valence electrons. The predicted molar refractivity (Wildman–Crippen MR) is 164 cm³/mol. The molecule has 0 saturated carbocycles. The second-order valence-electron chi connectivity index (χ2n) is 10.2. The van der Waals surface area contributed by atoms with Crippen LogP contribution in [0.15, 0.2) is 148 Å². The second kappa shape index (κ2) is 8.56. The van der Waals surface area contributed by atoms with E-state index in [2.05, 4.69) is 143 Å². The average Bonchev–Trinajstić information content (AvgIpc) is 3.51. The van der Waals surface area contributed by atoms with Crippen LogP contribution in [0.5, 0.6) is 0 Å². The summed E-state index contributed by atoms with van der Waals surface area (Å²) < 4.78 is 7.50. The first-order valence-corrected chi connectivity index (χ1v) is 14.0. The summed E-state index contributed by atoms with van der Waals surface area (Å²) >= 11 is 3.79. The topological polar surface area (TPSA) is 13.1 Å². The number of para-hydroxylation sites is 2. The van der Waals surface area contributed by atoms with Gasteiger partial charge < -0.3 is 4.42 Å². The van der Waals surface area contributed by atoms with Crippen molar-refractivity contribution >= 4 is 37.9 Å². The molecule has 7 aromatic rings. The van der Waals surface area contributed by atoms with Crippen molar-refractivity contribution in [3.8, 4) is 22.3 Å². The molecule has 1 aliphatic rings. The van der Waals surface area contributed by atoms with Gasteiger partial charge in [-0.25, -0.2) is 0 Å². The summed E-state index contributed by atoms with van der Waals surface area (Å²) in [6.45, 7) is 0. The van der Waals surface area contributed by atoms with Crippen LogP contribution in [0.1, 0.15) is 22.3 Å². The molecule has 0 amide bonds. The van der Waals surface area contributed by atoms with Crippen LogP contribution in [-0.4, -0.2) is 0 Å². The molecule has 39 heavy (non-hydrogen) atoms. The van der Waals surface area contributed by atoms with Crippen molar-refractivity contribution in [3.63, 3.8) is 0 Å². The summed E-state index contributed by atoms with van der Waals surface area (Å²) in [5.74, 6) is 0. The SMILES string of the molecule is Brc1ccc2c(c1)C(c1ccccc1)(c1ccccc1)c1ccc(-c3cccc4c3oc3ccccc34)cc1-2. The number of benzene rings is 6. The van der Waals surface area contributed by atoms with Crippen LogP contribution in [0, 0.1) is 0 Å². The third-order valence-electron chi connectivity index (χ3n) is 8.23. The van der Waals surface area contributed by atoms with Gasteiger partial charge in [-0.2, -0.15) is 0 Å². The Hall–Kier alpha value is -4.40. The van der Waals surface area contributed by atoms with Gasteiger partial charge in [0.15, 0.2) is 0 Å². The van der Waals surface area contributed by atoms with Crippen LogP contribution >= 0.6 is 15.9 Å². The van der Waals surface area contributed by atoms with Crippen LogP contribution < -0.4 is 0 Å². The third-order valence-corrected chi connectivity index (χ3v) is 8.72. The fourth-order valence-electron chi connectivity index (χ4n) is 6.61. The van der Waals surface area contributed by atoms with Gasteiger partial charge in [-0.05, 0) is 63.2 Å². The molecule has 1 heterocycles. The zero-order chi connectivity index (χ0) is 26.0. The smallest absolute Gasteiger partial charge is 0.143 e. The van der Waals surface area contributed by atoms with Crippen LogP contribution in [-0.2, 0) is 5.41 Å². The van der Waals surface area contributed by atoms with Crippen molar-refractivity contribution in [3.05, 3.63) is 166 Å². The van der Waals surface area contributed by atoms with Crippen molar-refractivity contribution in [2.75, 3.05) is 0 Å². The monoisotopic (exact) mass is 562 g/mol. The number of rotatable bonds is 3. The number of fused-ring (bicyclic) bond motifs is 6. The Labute approximate surface area is 235 Å². The van der Waals surface area contributed by atoms with Gasteiger partial charge in [0.1, 0.15) is 11.2 Å². The summed E-state index contributed by atoms with van der Waals surface area (Å²) in [5.41, 5.74) is 11.4. The van der Waals surface area contributed by atoms with E-state index in [1.807, 2.05) is 12.1 Å². The lowest BCUT2D eigenvalue weighted by molar-refractivity contribution is 0.670. The molecule has 8 rings (SSSR count). The van der Waals surface area contributed by atoms with Gasteiger partial charge in [0.05, 0.1) is 5.41 Å². The third kappa shape index (κ3) is 3.19. The van der Waals surface area contributed by atoms with Gasteiger partial charge in [-0.1, -0.05) is 131 Å². The largest absolute Gasteiger partial charge is 0.455 e. The molecule has 1 aliphatic carbocycles. The van der Waals surface area contributed by atoms with E-state index in [1.54, 1.807) is 0 Å². The Morgan fingerprint density at radius 1 is 0.487 bits per heavy atom. The number of hydrogen-bond acceptors (Lipinski definition) is 1. The van der Waals surface area contributed by atoms with Gasteiger partial charge in [-0.3, -0.25) is 0 Å². The summed E-state index contributed by atoms with van der Waals surface area (Å²) in [7, 11) is 0. The Balaban J connectivity index is 1.44. The zero-order valence-electron chi connectivity index (χ0n) is 21.1. The summed E-state index contributed by atoms with van der Waals surface area (Å²) in [4.78, 5) is 0. The first-order valence-electron chi connectivity index (χ1n) is 13.2. The molecule has 2 heteroatoms. The van der Waals surface area contributed by atoms with Crippen molar-refractivity contribution < 1.29 is 4.42 Å². The first-order chi connectivity index (χ1) is 19.2. The molecule has 1 nitrogen and oxygen atoms in total. The van der Waals surface area contributed by atoms with Gasteiger partial charge in [0.25, 0.3) is 0 Å². The van der Waals surface area contributed by atoms with E-state index < -0.39 is 5.41 Å². The van der Waals surface area contributed by atoms with E-state index in [4.69, 9.17) is 4.42 Å². The van der Waals surface area contributed by atoms with E-state index in [-0.39, 0.29) is 0 Å². The molecule has 1 aromatic heterocycles. The van der Waals surface area contributed by atoms with E-state index in [0.29, 0.717) is 0 Å². The van der Waals surface area contributed by atoms with E-state index in [0.717, 1.165) is 37.5 Å². The van der Waals surface area contributed by atoms with Crippen molar-refractivity contribution in [2.45, 2.75) is 5.41 Å². The number of furan rings is 1. The van der Waals surface area contributed by atoms with E-state index in [1.165, 1.54) is 33.4 Å². The molecule has 0 atom stereocenters. The molecular weight excluding hydrogens is 540 g/mol. The van der Waals surface area contributed by atoms with E-state index >= 15 is 0 Å². The fourth-order valence-corrected chi connectivity index (χ4v) is 6.97. The minimum absolute atomic E-state index is 0.416. The molecule has 0 spiro atoms. The summed E-state index contributed by atoms with van der Waals surface area (Å²) in [6.07, 6.45) is 0. The Morgan fingerprint density at radius 3 is 1.95 bits per heavy atom. The molecule has 0 N–H and O–H groups in total. The maximum absolute atomic E-state index is 6.42. The van der Waals surface area contributed by atoms with Crippen LogP contribution in [0.2, 0.25) is 0 Å². The first kappa shape index (κ1) is 22.6. The lowest BCUT2D eigenvalue weighted by atomic mass is 9.67. The van der Waals surface area contributed by atoms with Crippen molar-refractivity contribution in [2.24, 2.45) is 0 Å². The quantitative estimate of drug-likeness (QED) is 0.208. The molecule has 6 aromatic carbocycles. The maximum atomic E-state index is 6.42. The second-order valence-corrected chi connectivity index (χ2v) is 11.1. The fraction of sp³-hybridized carbons (Fsp3) is 0.0270. The minimum Gasteiger partial charge on any atom is -0.455 e. The van der Waals surface area contributed by atoms with Crippen LogP contribution in [0.25, 0.3) is 44.2 Å². The molecule has 0 bridgehead atoms. The standard InChI is InChI=1S/C37H23BrO/c38-27-19-20-29-32-22-24(28-15-9-16-31-30-14-7-8-17-35(30)39-36(28)31)18-21-33(32)37(34(29)23-27,25-10-3-1-4-11-25)26-12-5-2-6-13-26/h1-23H. The van der Waals surface area contributed by atoms with Gasteiger partial charge in [-0.15, -0.1) is 0 Å². The molecule has 0 aliphatic heterocycles. The van der Waals surface area contributed by atoms with Crippen LogP contribution in [0.4, 0.5) is 0 Å². The number of halogens is 1. The lowest BCUT2D eigenvalue weighted by Crippen LogP contribution is -2.28. The van der Waals surface area contributed by atoms with Gasteiger partial charge >= 0.3 is 0 Å². The highest BCUT2D eigenvalue weighted by molar-refractivity contribution is 9.10. The highest BCUT2D eigenvalue weighted by atomic mass is 79.9. The van der Waals surface area contributed by atoms with Crippen molar-refractivity contribution in [1.29, 1.82) is 0 Å². The van der Waals surface area contributed by atoms with E-state index in [9.17, 15) is 0 Å². The van der Waals surface area contributed by atoms with Gasteiger partial charge in [0, 0.05) is 20.8 Å². The Morgan fingerprint density at radius 2 is 1.18 bits per heavy atom. The number of hydrogen-bond donors (Lipinski definition) is 0. The highest BCUT2D eigenvalue weighted by Crippen LogP contribution is 2.57. The minimum atomic E-state index is -0.416. The van der Waals surface area contributed by atoms with Crippen molar-refractivity contribution in [1.82, 2.24) is 0 Å². The summed E-state index contributed by atoms with van der Waals surface area (Å²) in [6, 6.07) is 50.2. The molecule has 0 unspecified atom stereocenters. The Bertz CT molecular complexity index is 1980. The Kier molecular flexibility index (Phi) is 4.95. The normalized spacial score (nSPS) is 13.5. The van der Waals surface area contributed by atoms with Crippen LogP contribution in [0.3, 0.4) is 0 Å². The molecule has 0 fully saturated rings. The predicted octanol–water partition coefficient (Wildman–Crippen LogP) is 10.4. The maximum Gasteiger partial charge on any atom is 0.143 e. The highest BCUT2D eigenvalue weighted by Gasteiger charge is 2.46. The van der Waals surface area contributed by atoms with Gasteiger partial charge in [0.2, 0.25) is 0 Å². The molecule has 0 radical (unpaired) electrons.